The van der Waals surface area contributed by atoms with Crippen molar-refractivity contribution >= 4 is 38.7 Å². The fraction of sp³-hybridized carbons (Fsp3) is 0.185. The highest BCUT2D eigenvalue weighted by atomic mass is 32.2. The van der Waals surface area contributed by atoms with Crippen LogP contribution in [0.1, 0.15) is 23.5 Å². The van der Waals surface area contributed by atoms with Crippen LogP contribution in [0.25, 0.3) is 5.69 Å². The van der Waals surface area contributed by atoms with Gasteiger partial charge in [0.25, 0.3) is 0 Å². The number of rotatable bonds is 8. The molecule has 1 aliphatic heterocycles. The van der Waals surface area contributed by atoms with Gasteiger partial charge in [0, 0.05) is 29.8 Å². The second kappa shape index (κ2) is 10.3. The van der Waals surface area contributed by atoms with Gasteiger partial charge in [-0.15, -0.1) is 0 Å². The van der Waals surface area contributed by atoms with Crippen molar-refractivity contribution in [3.63, 3.8) is 0 Å². The number of nitrogens with zero attached hydrogens (tertiary/aromatic N) is 3. The normalized spacial score (nSPS) is 17.2. The molecule has 2 N–H and O–H groups in total. The van der Waals surface area contributed by atoms with Gasteiger partial charge in [0.2, 0.25) is 10.0 Å². The molecule has 1 saturated heterocycles. The van der Waals surface area contributed by atoms with Gasteiger partial charge in [-0.2, -0.15) is 0 Å². The zero-order valence-electron chi connectivity index (χ0n) is 21.0. The van der Waals surface area contributed by atoms with Crippen molar-refractivity contribution in [3.05, 3.63) is 96.6 Å². The predicted molar refractivity (Wildman–Crippen MR) is 152 cm³/mol. The van der Waals surface area contributed by atoms with E-state index >= 15 is 0 Å². The summed E-state index contributed by atoms with van der Waals surface area (Å²) in [6.45, 7) is 0. The molecule has 5 rings (SSSR count). The summed E-state index contributed by atoms with van der Waals surface area (Å²) in [5, 5.41) is 3.96. The van der Waals surface area contributed by atoms with Crippen LogP contribution in [0.3, 0.4) is 0 Å². The molecular weight excluding hydrogens is 522 g/mol. The van der Waals surface area contributed by atoms with Gasteiger partial charge < -0.3 is 24.3 Å². The highest BCUT2D eigenvalue weighted by Crippen LogP contribution is 2.44. The Kier molecular flexibility index (Phi) is 6.96. The average Bonchev–Trinajstić information content (AvgIpc) is 3.52. The number of ether oxygens (including phenoxy) is 2. The first kappa shape index (κ1) is 25.6. The summed E-state index contributed by atoms with van der Waals surface area (Å²) in [5.74, 6) is 1.10. The Bertz CT molecular complexity index is 1570. The Hall–Kier alpha value is -4.09. The van der Waals surface area contributed by atoms with Crippen LogP contribution in [0.2, 0.25) is 0 Å². The number of thiocarbonyl (C=S) groups is 1. The van der Waals surface area contributed by atoms with E-state index < -0.39 is 10.0 Å². The number of hydrogen-bond acceptors (Lipinski definition) is 6. The van der Waals surface area contributed by atoms with Crippen LogP contribution in [0, 0.1) is 0 Å². The monoisotopic (exact) mass is 549 g/mol. The van der Waals surface area contributed by atoms with Gasteiger partial charge in [-0.1, -0.05) is 18.2 Å². The molecule has 0 amide bonds. The summed E-state index contributed by atoms with van der Waals surface area (Å²) in [5.41, 5.74) is 3.74. The maximum Gasteiger partial charge on any atom is 0.229 e. The van der Waals surface area contributed by atoms with E-state index in [1.807, 2.05) is 71.8 Å². The Labute approximate surface area is 227 Å². The van der Waals surface area contributed by atoms with Crippen molar-refractivity contribution in [3.8, 4) is 17.2 Å². The first-order valence-corrected chi connectivity index (χ1v) is 14.1. The molecule has 3 heterocycles. The number of sulfonamides is 1. The minimum Gasteiger partial charge on any atom is -0.495 e. The first-order chi connectivity index (χ1) is 18.3. The third-order valence-electron chi connectivity index (χ3n) is 6.28. The van der Waals surface area contributed by atoms with Crippen LogP contribution < -0.4 is 24.4 Å². The van der Waals surface area contributed by atoms with E-state index in [1.165, 1.54) is 7.11 Å². The van der Waals surface area contributed by atoms with E-state index in [0.717, 1.165) is 34.8 Å². The molecule has 0 saturated carbocycles. The molecule has 4 aromatic rings. The molecule has 0 radical (unpaired) electrons. The fourth-order valence-electron chi connectivity index (χ4n) is 4.73. The summed E-state index contributed by atoms with van der Waals surface area (Å²) in [6, 6.07) is 22.3. The maximum atomic E-state index is 11.9. The van der Waals surface area contributed by atoms with Crippen LogP contribution in [0.15, 0.2) is 85.2 Å². The summed E-state index contributed by atoms with van der Waals surface area (Å²) in [7, 11) is -0.349. The minimum atomic E-state index is -3.49. The number of hydrogen-bond donors (Lipinski definition) is 2. The zero-order valence-corrected chi connectivity index (χ0v) is 22.7. The Balaban J connectivity index is 1.66. The van der Waals surface area contributed by atoms with Crippen molar-refractivity contribution in [2.24, 2.45) is 0 Å². The molecule has 2 aromatic carbocycles. The van der Waals surface area contributed by atoms with Crippen molar-refractivity contribution in [1.82, 2.24) is 14.9 Å². The molecule has 0 aliphatic carbocycles. The van der Waals surface area contributed by atoms with Gasteiger partial charge in [-0.05, 0) is 60.7 Å². The van der Waals surface area contributed by atoms with Gasteiger partial charge in [0.05, 0.1) is 43.6 Å². The lowest BCUT2D eigenvalue weighted by atomic mass is 10.0. The van der Waals surface area contributed by atoms with E-state index in [4.69, 9.17) is 21.7 Å². The number of benzene rings is 2. The molecule has 2 unspecified atom stereocenters. The van der Waals surface area contributed by atoms with Crippen molar-refractivity contribution in [2.75, 3.05) is 30.1 Å². The van der Waals surface area contributed by atoms with Gasteiger partial charge in [-0.3, -0.25) is 9.71 Å². The first-order valence-electron chi connectivity index (χ1n) is 11.8. The summed E-state index contributed by atoms with van der Waals surface area (Å²) >= 11 is 5.86. The lowest BCUT2D eigenvalue weighted by Crippen LogP contribution is -2.30. The smallest absolute Gasteiger partial charge is 0.229 e. The SMILES string of the molecule is COc1cc(N2C(=S)NC(c3ccccn3)C2c2cccn2-c2ccccc2OC)ccc1NS(C)(=O)=O. The average molecular weight is 550 g/mol. The second-order valence-corrected chi connectivity index (χ2v) is 10.9. The van der Waals surface area contributed by atoms with Crippen LogP contribution in [-0.2, 0) is 10.0 Å². The highest BCUT2D eigenvalue weighted by Gasteiger charge is 2.42. The fourth-order valence-corrected chi connectivity index (χ4v) is 5.64. The van der Waals surface area contributed by atoms with Gasteiger partial charge in [-0.25, -0.2) is 8.42 Å². The van der Waals surface area contributed by atoms with Crippen LogP contribution in [-0.4, -0.2) is 43.6 Å². The van der Waals surface area contributed by atoms with Gasteiger partial charge >= 0.3 is 0 Å². The van der Waals surface area contributed by atoms with Crippen molar-refractivity contribution in [2.45, 2.75) is 12.1 Å². The Morgan fingerprint density at radius 1 is 0.974 bits per heavy atom. The molecule has 0 bridgehead atoms. The lowest BCUT2D eigenvalue weighted by Gasteiger charge is -2.29. The number of methoxy groups -OCH3 is 2. The summed E-state index contributed by atoms with van der Waals surface area (Å²) in [4.78, 5) is 6.63. The molecule has 1 aliphatic rings. The largest absolute Gasteiger partial charge is 0.495 e. The molecule has 2 atom stereocenters. The molecule has 2 aromatic heterocycles. The number of anilines is 2. The number of nitrogens with one attached hydrogen (secondary N) is 2. The molecule has 196 valence electrons. The lowest BCUT2D eigenvalue weighted by molar-refractivity contribution is 0.412. The number of pyridine rings is 1. The zero-order chi connectivity index (χ0) is 26.9. The molecule has 1 fully saturated rings. The third kappa shape index (κ3) is 4.90. The second-order valence-electron chi connectivity index (χ2n) is 8.73. The van der Waals surface area contributed by atoms with E-state index in [-0.39, 0.29) is 12.1 Å². The van der Waals surface area contributed by atoms with Crippen LogP contribution in [0.4, 0.5) is 11.4 Å². The third-order valence-corrected chi connectivity index (χ3v) is 7.19. The van der Waals surface area contributed by atoms with E-state index in [9.17, 15) is 8.42 Å². The Morgan fingerprint density at radius 2 is 1.74 bits per heavy atom. The topological polar surface area (TPSA) is 97.7 Å². The van der Waals surface area contributed by atoms with E-state index in [2.05, 4.69) is 19.6 Å². The van der Waals surface area contributed by atoms with Crippen molar-refractivity contribution < 1.29 is 17.9 Å². The molecule has 9 nitrogen and oxygen atoms in total. The van der Waals surface area contributed by atoms with Gasteiger partial charge in [0.1, 0.15) is 17.5 Å². The Morgan fingerprint density at radius 3 is 2.45 bits per heavy atom. The maximum absolute atomic E-state index is 11.9. The highest BCUT2D eigenvalue weighted by molar-refractivity contribution is 7.92. The molecular formula is C27H27N5O4S2. The molecule has 11 heteroatoms. The van der Waals surface area contributed by atoms with Crippen LogP contribution >= 0.6 is 12.2 Å². The van der Waals surface area contributed by atoms with Gasteiger partial charge in [0.15, 0.2) is 5.11 Å². The molecule has 38 heavy (non-hydrogen) atoms. The molecule has 0 spiro atoms. The van der Waals surface area contributed by atoms with E-state index in [0.29, 0.717) is 16.5 Å². The number of aromatic nitrogens is 2. The van der Waals surface area contributed by atoms with Crippen LogP contribution in [0.5, 0.6) is 11.5 Å². The quantitative estimate of drug-likeness (QED) is 0.312. The predicted octanol–water partition coefficient (Wildman–Crippen LogP) is 4.44. The minimum absolute atomic E-state index is 0.271. The van der Waals surface area contributed by atoms with E-state index in [1.54, 1.807) is 25.4 Å². The van der Waals surface area contributed by atoms with Crippen molar-refractivity contribution in [1.29, 1.82) is 0 Å². The number of para-hydroxylation sites is 2. The standard InChI is InChI=1S/C27H27N5O4S2/c1-35-23-12-5-4-10-21(23)31-16-8-11-22(31)26-25(20-9-6-7-15-28-20)29-27(37)32(26)18-13-14-19(24(17-18)36-2)30-38(3,33)34/h4-17,25-26,30H,1-3H3,(H,29,37). The summed E-state index contributed by atoms with van der Waals surface area (Å²) in [6.07, 6.45) is 4.84. The summed E-state index contributed by atoms with van der Waals surface area (Å²) < 4.78 is 39.5.